The molecule has 6 nitrogen and oxygen atoms in total. The van der Waals surface area contributed by atoms with Crippen LogP contribution in [0.2, 0.25) is 0 Å². The Labute approximate surface area is 138 Å². The maximum atomic E-state index is 12.5. The molecule has 23 heavy (non-hydrogen) atoms. The first-order valence-corrected chi connectivity index (χ1v) is 8.60. The van der Waals surface area contributed by atoms with Gasteiger partial charge >= 0.3 is 0 Å². The van der Waals surface area contributed by atoms with Crippen molar-refractivity contribution in [2.45, 2.75) is 52.5 Å². The second-order valence-electron chi connectivity index (χ2n) is 6.45. The second kappa shape index (κ2) is 7.62. The molecule has 1 N–H and O–H groups in total. The predicted octanol–water partition coefficient (Wildman–Crippen LogP) is 2.21. The molecule has 0 aromatic carbocycles. The number of nitrogens with zero attached hydrogens (tertiary/aromatic N) is 3. The molecule has 1 saturated carbocycles. The van der Waals surface area contributed by atoms with Gasteiger partial charge in [-0.25, -0.2) is 0 Å². The monoisotopic (exact) mass is 320 g/mol. The molecule has 0 bridgehead atoms. The Morgan fingerprint density at radius 2 is 1.87 bits per heavy atom. The lowest BCUT2D eigenvalue weighted by atomic mass is 9.87. The van der Waals surface area contributed by atoms with Crippen LogP contribution >= 0.6 is 0 Å². The Bertz CT molecular complexity index is 555. The van der Waals surface area contributed by atoms with Crippen LogP contribution in [0.1, 0.15) is 67.4 Å². The fourth-order valence-corrected chi connectivity index (χ4v) is 3.12. The molecular formula is C17H28N4O2. The molecule has 0 radical (unpaired) electrons. The van der Waals surface area contributed by atoms with Crippen LogP contribution in [0.5, 0.6) is 0 Å². The highest BCUT2D eigenvalue weighted by Crippen LogP contribution is 2.23. The lowest BCUT2D eigenvalue weighted by Gasteiger charge is -2.26. The van der Waals surface area contributed by atoms with Crippen LogP contribution in [0.3, 0.4) is 0 Å². The van der Waals surface area contributed by atoms with E-state index in [4.69, 9.17) is 0 Å². The van der Waals surface area contributed by atoms with E-state index in [0.717, 1.165) is 31.6 Å². The highest BCUT2D eigenvalue weighted by molar-refractivity contribution is 5.98. The molecule has 0 aliphatic heterocycles. The van der Waals surface area contributed by atoms with Crippen LogP contribution < -0.4 is 5.32 Å². The summed E-state index contributed by atoms with van der Waals surface area (Å²) in [6.07, 6.45) is 4.36. The second-order valence-corrected chi connectivity index (χ2v) is 6.45. The van der Waals surface area contributed by atoms with Gasteiger partial charge in [0.15, 0.2) is 5.69 Å². The van der Waals surface area contributed by atoms with Crippen molar-refractivity contribution in [1.82, 2.24) is 20.0 Å². The van der Waals surface area contributed by atoms with Gasteiger partial charge in [0.2, 0.25) is 0 Å². The molecule has 128 valence electrons. The first kappa shape index (κ1) is 17.5. The van der Waals surface area contributed by atoms with Crippen LogP contribution in [0.15, 0.2) is 6.07 Å². The molecule has 2 rings (SSSR count). The minimum absolute atomic E-state index is 0.129. The molecule has 1 aliphatic carbocycles. The van der Waals surface area contributed by atoms with Crippen molar-refractivity contribution in [3.05, 3.63) is 17.5 Å². The third kappa shape index (κ3) is 4.12. The lowest BCUT2D eigenvalue weighted by molar-refractivity contribution is 0.0766. The van der Waals surface area contributed by atoms with E-state index in [1.54, 1.807) is 18.0 Å². The molecular weight excluding hydrogens is 292 g/mol. The summed E-state index contributed by atoms with van der Waals surface area (Å²) in [6.45, 7) is 7.38. The molecule has 0 unspecified atom stereocenters. The third-order valence-corrected chi connectivity index (χ3v) is 4.73. The normalized spacial score (nSPS) is 21.0. The Kier molecular flexibility index (Phi) is 5.80. The summed E-state index contributed by atoms with van der Waals surface area (Å²) in [5.74, 6) is 0.479. The van der Waals surface area contributed by atoms with Crippen LogP contribution in [-0.2, 0) is 7.05 Å². The maximum absolute atomic E-state index is 12.5. The van der Waals surface area contributed by atoms with Gasteiger partial charge in [-0.1, -0.05) is 6.92 Å². The van der Waals surface area contributed by atoms with Crippen molar-refractivity contribution in [2.75, 3.05) is 13.1 Å². The van der Waals surface area contributed by atoms with E-state index >= 15 is 0 Å². The van der Waals surface area contributed by atoms with Gasteiger partial charge in [-0.05, 0) is 45.4 Å². The number of carbonyl (C=O) groups is 2. The highest BCUT2D eigenvalue weighted by Gasteiger charge is 2.24. The molecule has 6 heteroatoms. The van der Waals surface area contributed by atoms with Gasteiger partial charge in [0.1, 0.15) is 5.69 Å². The number of aryl methyl sites for hydroxylation is 1. The smallest absolute Gasteiger partial charge is 0.274 e. The van der Waals surface area contributed by atoms with Gasteiger partial charge < -0.3 is 10.2 Å². The summed E-state index contributed by atoms with van der Waals surface area (Å²) in [6, 6.07) is 1.83. The van der Waals surface area contributed by atoms with E-state index in [-0.39, 0.29) is 17.9 Å². The number of nitrogens with one attached hydrogen (secondary N) is 1. The number of hydrogen-bond acceptors (Lipinski definition) is 3. The molecule has 1 fully saturated rings. The van der Waals surface area contributed by atoms with Crippen molar-refractivity contribution in [3.63, 3.8) is 0 Å². The predicted molar refractivity (Wildman–Crippen MR) is 89.3 cm³/mol. The molecule has 0 atom stereocenters. The Hall–Kier alpha value is -1.85. The largest absolute Gasteiger partial charge is 0.348 e. The van der Waals surface area contributed by atoms with E-state index in [0.29, 0.717) is 24.5 Å². The van der Waals surface area contributed by atoms with Gasteiger partial charge in [-0.2, -0.15) is 5.10 Å². The number of amides is 2. The van der Waals surface area contributed by atoms with Crippen molar-refractivity contribution in [2.24, 2.45) is 13.0 Å². The summed E-state index contributed by atoms with van der Waals surface area (Å²) in [5, 5.41) is 7.30. The quantitative estimate of drug-likeness (QED) is 0.904. The minimum Gasteiger partial charge on any atom is -0.348 e. The fourth-order valence-electron chi connectivity index (χ4n) is 3.12. The zero-order chi connectivity index (χ0) is 17.0. The molecule has 1 aliphatic rings. The van der Waals surface area contributed by atoms with Crippen molar-refractivity contribution in [1.29, 1.82) is 0 Å². The zero-order valence-corrected chi connectivity index (χ0v) is 14.6. The van der Waals surface area contributed by atoms with Crippen LogP contribution in [0.25, 0.3) is 0 Å². The standard InChI is InChI=1S/C17H28N4O2/c1-5-21(6-2)17(23)14-11-15(20(4)19-14)16(22)18-13-9-7-12(3)8-10-13/h11-13H,5-10H2,1-4H3,(H,18,22). The number of rotatable bonds is 5. The highest BCUT2D eigenvalue weighted by atomic mass is 16.2. The van der Waals surface area contributed by atoms with Crippen LogP contribution in [0, 0.1) is 5.92 Å². The minimum atomic E-state index is -0.141. The van der Waals surface area contributed by atoms with Gasteiger partial charge in [0.25, 0.3) is 11.8 Å². The SMILES string of the molecule is CCN(CC)C(=O)c1cc(C(=O)NC2CCC(C)CC2)n(C)n1. The number of hydrogen-bond donors (Lipinski definition) is 1. The van der Waals surface area contributed by atoms with Crippen LogP contribution in [0.4, 0.5) is 0 Å². The summed E-state index contributed by atoms with van der Waals surface area (Å²) in [4.78, 5) is 26.5. The van der Waals surface area contributed by atoms with E-state index in [2.05, 4.69) is 17.3 Å². The van der Waals surface area contributed by atoms with E-state index < -0.39 is 0 Å². The molecule has 0 spiro atoms. The fraction of sp³-hybridized carbons (Fsp3) is 0.706. The van der Waals surface area contributed by atoms with Crippen LogP contribution in [-0.4, -0.2) is 45.6 Å². The van der Waals surface area contributed by atoms with E-state index in [9.17, 15) is 9.59 Å². The molecule has 1 heterocycles. The summed E-state index contributed by atoms with van der Waals surface area (Å²) in [7, 11) is 1.71. The van der Waals surface area contributed by atoms with E-state index in [1.807, 2.05) is 13.8 Å². The summed E-state index contributed by atoms with van der Waals surface area (Å²) >= 11 is 0. The van der Waals surface area contributed by atoms with Gasteiger partial charge in [-0.3, -0.25) is 14.3 Å². The summed E-state index contributed by atoms with van der Waals surface area (Å²) in [5.41, 5.74) is 0.776. The Balaban J connectivity index is 2.05. The van der Waals surface area contributed by atoms with Gasteiger partial charge in [0, 0.05) is 32.2 Å². The van der Waals surface area contributed by atoms with Crippen molar-refractivity contribution >= 4 is 11.8 Å². The van der Waals surface area contributed by atoms with E-state index in [1.165, 1.54) is 4.68 Å². The Morgan fingerprint density at radius 1 is 1.26 bits per heavy atom. The van der Waals surface area contributed by atoms with Gasteiger partial charge in [-0.15, -0.1) is 0 Å². The average molecular weight is 320 g/mol. The Morgan fingerprint density at radius 3 is 2.43 bits per heavy atom. The topological polar surface area (TPSA) is 67.2 Å². The van der Waals surface area contributed by atoms with Crippen molar-refractivity contribution < 1.29 is 9.59 Å². The van der Waals surface area contributed by atoms with Gasteiger partial charge in [0.05, 0.1) is 0 Å². The van der Waals surface area contributed by atoms with Crippen molar-refractivity contribution in [3.8, 4) is 0 Å². The number of aromatic nitrogens is 2. The molecule has 1 aromatic rings. The summed E-state index contributed by atoms with van der Waals surface area (Å²) < 4.78 is 1.50. The average Bonchev–Trinajstić information content (AvgIpc) is 2.92. The third-order valence-electron chi connectivity index (χ3n) is 4.73. The number of carbonyl (C=O) groups excluding carboxylic acids is 2. The first-order valence-electron chi connectivity index (χ1n) is 8.60. The molecule has 2 amide bonds. The zero-order valence-electron chi connectivity index (χ0n) is 14.6. The molecule has 0 saturated heterocycles. The molecule has 1 aromatic heterocycles. The lowest BCUT2D eigenvalue weighted by Crippen LogP contribution is -2.38. The maximum Gasteiger partial charge on any atom is 0.274 e. The first-order chi connectivity index (χ1) is 11.0.